The number of carbonyl (C=O) groups is 2. The number of aliphatic imine (C=N–C) groups is 1. The van der Waals surface area contributed by atoms with Gasteiger partial charge in [0.25, 0.3) is 0 Å². The maximum absolute atomic E-state index is 12.9. The second kappa shape index (κ2) is 12.0. The van der Waals surface area contributed by atoms with Crippen LogP contribution in [0.2, 0.25) is 5.02 Å². The Morgan fingerprint density at radius 2 is 1.91 bits per heavy atom. The molecule has 44 heavy (non-hydrogen) atoms. The lowest BCUT2D eigenvalue weighted by Gasteiger charge is -2.25. The van der Waals surface area contributed by atoms with Crippen LogP contribution in [0.15, 0.2) is 72.0 Å². The van der Waals surface area contributed by atoms with E-state index in [0.717, 1.165) is 22.3 Å². The fourth-order valence-electron chi connectivity index (χ4n) is 5.11. The monoisotopic (exact) mass is 640 g/mol. The van der Waals surface area contributed by atoms with Crippen molar-refractivity contribution in [3.05, 3.63) is 88.7 Å². The number of halogens is 4. The molecule has 3 aromatic carbocycles. The molecule has 1 aliphatic carbocycles. The molecule has 0 bridgehead atoms. The smallest absolute Gasteiger partial charge is 0.406 e. The van der Waals surface area contributed by atoms with Gasteiger partial charge >= 0.3 is 12.4 Å². The van der Waals surface area contributed by atoms with E-state index in [2.05, 4.69) is 25.1 Å². The highest BCUT2D eigenvalue weighted by Crippen LogP contribution is 2.33. The first-order valence-electron chi connectivity index (χ1n) is 13.5. The minimum Gasteiger partial charge on any atom is -0.406 e. The Hall–Kier alpha value is -4.36. The van der Waals surface area contributed by atoms with Gasteiger partial charge in [-0.3, -0.25) is 9.69 Å². The van der Waals surface area contributed by atoms with Gasteiger partial charge in [-0.2, -0.15) is 4.99 Å². The number of ether oxygens (including phenoxy) is 1. The minimum atomic E-state index is -4.76. The number of amidine groups is 1. The fourth-order valence-corrected chi connectivity index (χ4v) is 6.17. The molecular weight excluding hydrogens is 617 g/mol. The number of alkyl halides is 3. The van der Waals surface area contributed by atoms with Crippen molar-refractivity contribution < 1.29 is 27.5 Å². The zero-order valence-electron chi connectivity index (χ0n) is 23.1. The number of amides is 3. The van der Waals surface area contributed by atoms with E-state index in [1.54, 1.807) is 12.1 Å². The number of hydrogen-bond acceptors (Lipinski definition) is 6. The van der Waals surface area contributed by atoms with Crippen LogP contribution >= 0.6 is 23.4 Å². The third-order valence-electron chi connectivity index (χ3n) is 7.15. The number of nitrogens with zero attached hydrogens (tertiary/aromatic N) is 5. The summed E-state index contributed by atoms with van der Waals surface area (Å²) in [4.78, 5) is 35.5. The second-order valence-electron chi connectivity index (χ2n) is 10.3. The third kappa shape index (κ3) is 6.58. The van der Waals surface area contributed by atoms with Crippen molar-refractivity contribution in [3.63, 3.8) is 0 Å². The van der Waals surface area contributed by atoms with Gasteiger partial charge in [-0.1, -0.05) is 41.6 Å². The van der Waals surface area contributed by atoms with Crippen LogP contribution in [-0.2, 0) is 17.6 Å². The standard InChI is InChI=1S/C30H24ClF3N6O3S/c1-17-2-11-24(31)25(12-17)40-26(41)15-44-29(40)37-28(42)36-21-6-5-18-13-20(4-3-19(18)14-21)27-35-16-39(38-27)22-7-9-23(10-8-22)43-30(32,33)34/h2-4,7-13,16,21H,5-6,14-15H2,1H3,(H,36,42)/b37-29-. The maximum atomic E-state index is 12.9. The molecule has 0 saturated carbocycles. The highest BCUT2D eigenvalue weighted by atomic mass is 35.5. The largest absolute Gasteiger partial charge is 0.573 e. The molecule has 0 spiro atoms. The molecule has 14 heteroatoms. The fraction of sp³-hybridized carbons (Fsp3) is 0.233. The first-order chi connectivity index (χ1) is 21.0. The average Bonchev–Trinajstić information content (AvgIpc) is 3.61. The Labute approximate surface area is 259 Å². The molecule has 1 saturated heterocycles. The molecule has 1 unspecified atom stereocenters. The quantitative estimate of drug-likeness (QED) is 0.267. The van der Waals surface area contributed by atoms with Gasteiger partial charge in [0.2, 0.25) is 5.91 Å². The average molecular weight is 641 g/mol. The van der Waals surface area contributed by atoms with Crippen molar-refractivity contribution in [2.75, 3.05) is 10.7 Å². The maximum Gasteiger partial charge on any atom is 0.573 e. The number of benzene rings is 3. The molecule has 6 rings (SSSR count). The number of fused-ring (bicyclic) bond motifs is 1. The number of aryl methyl sites for hydroxylation is 2. The van der Waals surface area contributed by atoms with E-state index in [4.69, 9.17) is 11.6 Å². The van der Waals surface area contributed by atoms with E-state index in [0.29, 0.717) is 46.7 Å². The number of anilines is 1. The van der Waals surface area contributed by atoms with Gasteiger partial charge in [0.1, 0.15) is 12.1 Å². The van der Waals surface area contributed by atoms with E-state index in [-0.39, 0.29) is 23.5 Å². The van der Waals surface area contributed by atoms with Crippen LogP contribution in [-0.4, -0.2) is 50.0 Å². The molecule has 1 aromatic heterocycles. The van der Waals surface area contributed by atoms with Crippen LogP contribution in [0.3, 0.4) is 0 Å². The Morgan fingerprint density at radius 1 is 1.11 bits per heavy atom. The summed E-state index contributed by atoms with van der Waals surface area (Å²) in [5.41, 5.74) is 4.95. The lowest BCUT2D eigenvalue weighted by molar-refractivity contribution is -0.274. The summed E-state index contributed by atoms with van der Waals surface area (Å²) < 4.78 is 42.7. The summed E-state index contributed by atoms with van der Waals surface area (Å²) in [6.07, 6.45) is -1.25. The molecular formula is C30H24ClF3N6O3S. The summed E-state index contributed by atoms with van der Waals surface area (Å²) in [7, 11) is 0. The molecule has 4 aromatic rings. The van der Waals surface area contributed by atoms with E-state index in [1.165, 1.54) is 51.9 Å². The zero-order valence-corrected chi connectivity index (χ0v) is 24.7. The van der Waals surface area contributed by atoms with Crippen molar-refractivity contribution in [2.45, 2.75) is 38.6 Å². The first kappa shape index (κ1) is 29.7. The van der Waals surface area contributed by atoms with Crippen LogP contribution in [0.25, 0.3) is 17.1 Å². The lowest BCUT2D eigenvalue weighted by Crippen LogP contribution is -2.38. The number of rotatable bonds is 5. The Balaban J connectivity index is 1.11. The van der Waals surface area contributed by atoms with Crippen LogP contribution in [0.4, 0.5) is 23.7 Å². The van der Waals surface area contributed by atoms with Crippen molar-refractivity contribution in [1.82, 2.24) is 20.1 Å². The molecule has 3 amide bonds. The van der Waals surface area contributed by atoms with Gasteiger partial charge in [-0.05, 0) is 85.3 Å². The first-order valence-corrected chi connectivity index (χ1v) is 14.9. The van der Waals surface area contributed by atoms with E-state index in [1.807, 2.05) is 31.2 Å². The summed E-state index contributed by atoms with van der Waals surface area (Å²) in [6, 6.07) is 15.9. The Bertz CT molecular complexity index is 1780. The van der Waals surface area contributed by atoms with Gasteiger partial charge in [-0.25, -0.2) is 14.5 Å². The summed E-state index contributed by atoms with van der Waals surface area (Å²) in [5.74, 6) is 0.131. The highest BCUT2D eigenvalue weighted by molar-refractivity contribution is 8.15. The van der Waals surface area contributed by atoms with Crippen LogP contribution < -0.4 is 15.0 Å². The topological polar surface area (TPSA) is 102 Å². The molecule has 1 atom stereocenters. The van der Waals surface area contributed by atoms with Gasteiger partial charge in [0.05, 0.1) is 22.2 Å². The number of nitrogens with one attached hydrogen (secondary N) is 1. The predicted octanol–water partition coefficient (Wildman–Crippen LogP) is 6.50. The molecule has 9 nitrogen and oxygen atoms in total. The van der Waals surface area contributed by atoms with Gasteiger partial charge in [0.15, 0.2) is 11.0 Å². The minimum absolute atomic E-state index is 0.134. The van der Waals surface area contributed by atoms with E-state index in [9.17, 15) is 22.8 Å². The Morgan fingerprint density at radius 3 is 2.68 bits per heavy atom. The number of hydrogen-bond donors (Lipinski definition) is 1. The second-order valence-corrected chi connectivity index (χ2v) is 11.6. The number of thioether (sulfide) groups is 1. The molecule has 1 fully saturated rings. The lowest BCUT2D eigenvalue weighted by atomic mass is 9.87. The van der Waals surface area contributed by atoms with Crippen molar-refractivity contribution in [2.24, 2.45) is 4.99 Å². The van der Waals surface area contributed by atoms with Gasteiger partial charge < -0.3 is 10.1 Å². The van der Waals surface area contributed by atoms with Crippen molar-refractivity contribution in [1.29, 1.82) is 0 Å². The van der Waals surface area contributed by atoms with Crippen LogP contribution in [0, 0.1) is 6.92 Å². The normalized spacial score (nSPS) is 17.6. The van der Waals surface area contributed by atoms with Crippen LogP contribution in [0.5, 0.6) is 5.75 Å². The molecule has 2 aliphatic rings. The van der Waals surface area contributed by atoms with Crippen LogP contribution in [0.1, 0.15) is 23.1 Å². The number of aromatic nitrogens is 3. The predicted molar refractivity (Wildman–Crippen MR) is 161 cm³/mol. The number of carbonyl (C=O) groups excluding carboxylic acids is 2. The third-order valence-corrected chi connectivity index (χ3v) is 8.40. The zero-order chi connectivity index (χ0) is 31.0. The number of urea groups is 1. The molecule has 226 valence electrons. The van der Waals surface area contributed by atoms with Gasteiger partial charge in [0, 0.05) is 11.6 Å². The summed E-state index contributed by atoms with van der Waals surface area (Å²) >= 11 is 7.54. The summed E-state index contributed by atoms with van der Waals surface area (Å²) in [6.45, 7) is 1.90. The Kier molecular flexibility index (Phi) is 8.08. The van der Waals surface area contributed by atoms with Crippen molar-refractivity contribution >= 4 is 46.2 Å². The molecule has 2 heterocycles. The highest BCUT2D eigenvalue weighted by Gasteiger charge is 2.33. The van der Waals surface area contributed by atoms with E-state index >= 15 is 0 Å². The van der Waals surface area contributed by atoms with Gasteiger partial charge in [-0.15, -0.1) is 18.3 Å². The van der Waals surface area contributed by atoms with E-state index < -0.39 is 12.4 Å². The van der Waals surface area contributed by atoms with Crippen molar-refractivity contribution in [3.8, 4) is 22.8 Å². The molecule has 0 radical (unpaired) electrons. The summed E-state index contributed by atoms with van der Waals surface area (Å²) in [5, 5.41) is 8.15. The molecule has 1 N–H and O–H groups in total. The molecule has 1 aliphatic heterocycles. The SMILES string of the molecule is Cc1ccc(Cl)c(N2C(=O)CS/C2=N\C(=O)NC2CCc3cc(-c4ncn(-c5ccc(OC(F)(F)F)cc5)n4)ccc3C2)c1.